The molecule has 1 aliphatic rings. The lowest BCUT2D eigenvalue weighted by molar-refractivity contribution is 0.144. The predicted molar refractivity (Wildman–Crippen MR) is 75.4 cm³/mol. The zero-order valence-corrected chi connectivity index (χ0v) is 11.5. The number of aliphatic hydroxyl groups is 1. The Morgan fingerprint density at radius 1 is 1.40 bits per heavy atom. The van der Waals surface area contributed by atoms with Gasteiger partial charge in [-0.25, -0.2) is 9.78 Å². The van der Waals surface area contributed by atoms with Gasteiger partial charge in [0, 0.05) is 38.6 Å². The van der Waals surface area contributed by atoms with Gasteiger partial charge in [0.1, 0.15) is 5.76 Å². The third-order valence-electron chi connectivity index (χ3n) is 3.18. The third kappa shape index (κ3) is 3.92. The predicted octanol–water partition coefficient (Wildman–Crippen LogP) is 1.09. The molecule has 0 unspecified atom stereocenters. The highest BCUT2D eigenvalue weighted by molar-refractivity contribution is 5.88. The van der Waals surface area contributed by atoms with Crippen LogP contribution in [0.5, 0.6) is 0 Å². The number of hydrogen-bond donors (Lipinski definition) is 2. The summed E-state index contributed by atoms with van der Waals surface area (Å²) in [6.45, 7) is 5.08. The minimum absolute atomic E-state index is 0.166. The fraction of sp³-hybridized carbons (Fsp3) is 0.462. The quantitative estimate of drug-likeness (QED) is 0.808. The molecule has 1 aliphatic heterocycles. The summed E-state index contributed by atoms with van der Waals surface area (Å²) in [7, 11) is 0. The number of rotatable bonds is 3. The Kier molecular flexibility index (Phi) is 4.89. The van der Waals surface area contributed by atoms with Crippen molar-refractivity contribution in [3.8, 4) is 0 Å². The van der Waals surface area contributed by atoms with Gasteiger partial charge in [0.15, 0.2) is 5.82 Å². The summed E-state index contributed by atoms with van der Waals surface area (Å²) in [5.74, 6) is 0.814. The van der Waals surface area contributed by atoms with Crippen molar-refractivity contribution in [1.82, 2.24) is 19.8 Å². The molecule has 108 valence electrons. The molecule has 0 saturated carbocycles. The maximum absolute atomic E-state index is 12.0. The Morgan fingerprint density at radius 2 is 2.15 bits per heavy atom. The lowest BCUT2D eigenvalue weighted by Crippen LogP contribution is -2.50. The summed E-state index contributed by atoms with van der Waals surface area (Å²) in [5, 5.41) is 12.2. The minimum atomic E-state index is -0.166. The van der Waals surface area contributed by atoms with Crippen LogP contribution in [0, 0.1) is 0 Å². The number of urea groups is 1. The number of carbonyl (C=O) groups excluding carboxylic acids is 1. The van der Waals surface area contributed by atoms with Gasteiger partial charge in [-0.3, -0.25) is 15.2 Å². The van der Waals surface area contributed by atoms with Gasteiger partial charge in [0.05, 0.1) is 12.7 Å². The number of nitrogens with zero attached hydrogens (tertiary/aromatic N) is 4. The molecule has 0 aliphatic carbocycles. The second-order valence-corrected chi connectivity index (χ2v) is 4.56. The number of piperazine rings is 1. The van der Waals surface area contributed by atoms with E-state index in [2.05, 4.69) is 20.2 Å². The van der Waals surface area contributed by atoms with Crippen LogP contribution >= 0.6 is 0 Å². The van der Waals surface area contributed by atoms with E-state index in [0.717, 1.165) is 13.1 Å². The molecule has 20 heavy (non-hydrogen) atoms. The minimum Gasteiger partial charge on any atom is -0.511 e. The van der Waals surface area contributed by atoms with E-state index in [1.165, 1.54) is 12.4 Å². The van der Waals surface area contributed by atoms with Crippen molar-refractivity contribution < 1.29 is 9.90 Å². The van der Waals surface area contributed by atoms with Crippen LogP contribution < -0.4 is 5.32 Å². The molecule has 0 atom stereocenters. The number of carbonyl (C=O) groups is 1. The van der Waals surface area contributed by atoms with E-state index in [0.29, 0.717) is 31.2 Å². The maximum Gasteiger partial charge on any atom is 0.323 e. The first-order chi connectivity index (χ1) is 9.69. The molecule has 2 amide bonds. The Hall–Kier alpha value is -2.15. The first kappa shape index (κ1) is 14.3. The highest BCUT2D eigenvalue weighted by atomic mass is 16.3. The summed E-state index contributed by atoms with van der Waals surface area (Å²) in [6.07, 6.45) is 6.29. The van der Waals surface area contributed by atoms with Crippen molar-refractivity contribution in [2.45, 2.75) is 6.92 Å². The van der Waals surface area contributed by atoms with E-state index in [4.69, 9.17) is 0 Å². The van der Waals surface area contributed by atoms with Crippen LogP contribution in [-0.4, -0.2) is 63.6 Å². The molecule has 2 N–H and O–H groups in total. The van der Waals surface area contributed by atoms with Gasteiger partial charge in [0.2, 0.25) is 0 Å². The van der Waals surface area contributed by atoms with E-state index in [1.807, 2.05) is 0 Å². The molecule has 1 fully saturated rings. The van der Waals surface area contributed by atoms with Crippen LogP contribution in [-0.2, 0) is 0 Å². The average Bonchev–Trinajstić information content (AvgIpc) is 2.49. The van der Waals surface area contributed by atoms with Crippen molar-refractivity contribution in [3.63, 3.8) is 0 Å². The van der Waals surface area contributed by atoms with E-state index in [9.17, 15) is 9.90 Å². The number of hydrogen-bond acceptors (Lipinski definition) is 5. The molecule has 7 nitrogen and oxygen atoms in total. The number of aliphatic hydroxyl groups excluding tert-OH is 1. The standard InChI is InChI=1S/C13H19N5O2/c1-2-11(19)10-17-5-7-18(8-6-17)13(20)16-12-9-14-3-4-15-12/h2-4,9,19H,5-8,10H2,1H3,(H,15,16,20)/b11-2-. The summed E-state index contributed by atoms with van der Waals surface area (Å²) < 4.78 is 0. The van der Waals surface area contributed by atoms with Crippen LogP contribution in [0.3, 0.4) is 0 Å². The third-order valence-corrected chi connectivity index (χ3v) is 3.18. The summed E-state index contributed by atoms with van der Waals surface area (Å²) in [5.41, 5.74) is 0. The number of aromatic nitrogens is 2. The number of amides is 2. The smallest absolute Gasteiger partial charge is 0.323 e. The zero-order valence-electron chi connectivity index (χ0n) is 11.5. The monoisotopic (exact) mass is 277 g/mol. The molecule has 1 aromatic rings. The van der Waals surface area contributed by atoms with Gasteiger partial charge in [0.25, 0.3) is 0 Å². The van der Waals surface area contributed by atoms with Crippen molar-refractivity contribution in [2.75, 3.05) is 38.0 Å². The molecule has 1 aromatic heterocycles. The van der Waals surface area contributed by atoms with Gasteiger partial charge < -0.3 is 10.0 Å². The summed E-state index contributed by atoms with van der Waals surface area (Å²) in [6, 6.07) is -0.166. The Bertz CT molecular complexity index is 469. The number of nitrogens with one attached hydrogen (secondary N) is 1. The molecular weight excluding hydrogens is 258 g/mol. The van der Waals surface area contributed by atoms with Crippen molar-refractivity contribution >= 4 is 11.8 Å². The van der Waals surface area contributed by atoms with Crippen LogP contribution in [0.4, 0.5) is 10.6 Å². The SMILES string of the molecule is C/C=C(\O)CN1CCN(C(=O)Nc2cnccn2)CC1. The Labute approximate surface area is 117 Å². The first-order valence-corrected chi connectivity index (χ1v) is 6.57. The molecule has 0 spiro atoms. The van der Waals surface area contributed by atoms with E-state index in [-0.39, 0.29) is 6.03 Å². The Morgan fingerprint density at radius 3 is 2.75 bits per heavy atom. The molecular formula is C13H19N5O2. The average molecular weight is 277 g/mol. The van der Waals surface area contributed by atoms with Gasteiger partial charge in [-0.05, 0) is 13.0 Å². The lowest BCUT2D eigenvalue weighted by Gasteiger charge is -2.34. The van der Waals surface area contributed by atoms with E-state index >= 15 is 0 Å². The van der Waals surface area contributed by atoms with Crippen LogP contribution in [0.25, 0.3) is 0 Å². The molecule has 0 bridgehead atoms. The fourth-order valence-electron chi connectivity index (χ4n) is 1.98. The fourth-order valence-corrected chi connectivity index (χ4v) is 1.98. The summed E-state index contributed by atoms with van der Waals surface area (Å²) in [4.78, 5) is 23.8. The summed E-state index contributed by atoms with van der Waals surface area (Å²) >= 11 is 0. The van der Waals surface area contributed by atoms with Gasteiger partial charge in [-0.1, -0.05) is 0 Å². The maximum atomic E-state index is 12.0. The highest BCUT2D eigenvalue weighted by Crippen LogP contribution is 2.06. The molecule has 7 heteroatoms. The topological polar surface area (TPSA) is 81.6 Å². The van der Waals surface area contributed by atoms with Crippen molar-refractivity contribution in [1.29, 1.82) is 0 Å². The van der Waals surface area contributed by atoms with Crippen LogP contribution in [0.1, 0.15) is 6.92 Å². The molecule has 1 saturated heterocycles. The van der Waals surface area contributed by atoms with Crippen molar-refractivity contribution in [3.05, 3.63) is 30.4 Å². The normalized spacial score (nSPS) is 17.1. The molecule has 0 radical (unpaired) electrons. The van der Waals surface area contributed by atoms with Gasteiger partial charge in [-0.15, -0.1) is 0 Å². The second kappa shape index (κ2) is 6.85. The van der Waals surface area contributed by atoms with Crippen LogP contribution in [0.2, 0.25) is 0 Å². The molecule has 0 aromatic carbocycles. The van der Waals surface area contributed by atoms with E-state index < -0.39 is 0 Å². The van der Waals surface area contributed by atoms with Crippen molar-refractivity contribution in [2.24, 2.45) is 0 Å². The largest absolute Gasteiger partial charge is 0.511 e. The molecule has 2 heterocycles. The Balaban J connectivity index is 1.80. The van der Waals surface area contributed by atoms with Crippen LogP contribution in [0.15, 0.2) is 30.4 Å². The lowest BCUT2D eigenvalue weighted by atomic mass is 10.3. The second-order valence-electron chi connectivity index (χ2n) is 4.56. The molecule has 2 rings (SSSR count). The van der Waals surface area contributed by atoms with Gasteiger partial charge >= 0.3 is 6.03 Å². The highest BCUT2D eigenvalue weighted by Gasteiger charge is 2.21. The number of allylic oxidation sites excluding steroid dienone is 1. The number of anilines is 1. The first-order valence-electron chi connectivity index (χ1n) is 6.57. The zero-order chi connectivity index (χ0) is 14.4. The van der Waals surface area contributed by atoms with Gasteiger partial charge in [-0.2, -0.15) is 0 Å². The van der Waals surface area contributed by atoms with E-state index in [1.54, 1.807) is 24.1 Å².